The van der Waals surface area contributed by atoms with Crippen molar-refractivity contribution in [3.05, 3.63) is 18.2 Å². The lowest BCUT2D eigenvalue weighted by atomic mass is 9.95. The number of fused-ring (bicyclic) bond motifs is 1. The summed E-state index contributed by atoms with van der Waals surface area (Å²) < 4.78 is 28.4. The van der Waals surface area contributed by atoms with Gasteiger partial charge in [0, 0.05) is 39.1 Å². The first-order valence-electron chi connectivity index (χ1n) is 10.5. The van der Waals surface area contributed by atoms with E-state index < -0.39 is 36.1 Å². The minimum absolute atomic E-state index is 0.0221. The zero-order valence-electron chi connectivity index (χ0n) is 17.3. The zero-order chi connectivity index (χ0) is 22.1. The number of nitrogens with two attached hydrogens (primary N) is 1. The highest BCUT2D eigenvalue weighted by molar-refractivity contribution is 5.96. The van der Waals surface area contributed by atoms with Gasteiger partial charge in [0.2, 0.25) is 11.8 Å². The first-order chi connectivity index (χ1) is 14.9. The number of rotatable bonds is 4. The highest BCUT2D eigenvalue weighted by Crippen LogP contribution is 2.33. The number of anilines is 2. The van der Waals surface area contributed by atoms with E-state index in [-0.39, 0.29) is 36.3 Å². The molecule has 0 aromatic carbocycles. The summed E-state index contributed by atoms with van der Waals surface area (Å²) in [4.78, 5) is 30.7. The monoisotopic (exact) mass is 438 g/mol. The van der Waals surface area contributed by atoms with Gasteiger partial charge in [-0.1, -0.05) is 0 Å². The molecule has 2 amide bonds. The Bertz CT molecular complexity index is 835. The number of pyridine rings is 1. The SMILES string of the molecule is CNC(=O)C1CCN(c2c(F)cncc2NC(=O)C2C(N)NN3CC(F)CNC23)CC1. The van der Waals surface area contributed by atoms with E-state index in [9.17, 15) is 18.4 Å². The molecule has 3 fully saturated rings. The molecule has 0 spiro atoms. The molecular weight excluding hydrogens is 410 g/mol. The fourth-order valence-electron chi connectivity index (χ4n) is 4.61. The van der Waals surface area contributed by atoms with E-state index in [1.54, 1.807) is 12.1 Å². The molecule has 0 aliphatic carbocycles. The number of nitrogens with one attached hydrogen (secondary N) is 4. The van der Waals surface area contributed by atoms with Gasteiger partial charge in [0.05, 0.1) is 36.3 Å². The largest absolute Gasteiger partial charge is 0.367 e. The van der Waals surface area contributed by atoms with Crippen LogP contribution in [0.2, 0.25) is 0 Å². The van der Waals surface area contributed by atoms with Gasteiger partial charge >= 0.3 is 0 Å². The molecule has 4 atom stereocenters. The van der Waals surface area contributed by atoms with Crippen LogP contribution < -0.4 is 32.0 Å². The Balaban J connectivity index is 1.49. The number of hydrogen-bond acceptors (Lipinski definition) is 8. The van der Waals surface area contributed by atoms with Crippen molar-refractivity contribution in [2.45, 2.75) is 31.3 Å². The van der Waals surface area contributed by atoms with Crippen LogP contribution in [0.4, 0.5) is 20.2 Å². The molecule has 3 saturated heterocycles. The Kier molecular flexibility index (Phi) is 6.32. The van der Waals surface area contributed by atoms with Crippen molar-refractivity contribution >= 4 is 23.2 Å². The molecule has 0 radical (unpaired) electrons. The van der Waals surface area contributed by atoms with Crippen LogP contribution in [0.25, 0.3) is 0 Å². The van der Waals surface area contributed by atoms with Crippen LogP contribution in [-0.4, -0.2) is 73.5 Å². The van der Waals surface area contributed by atoms with Crippen LogP contribution in [0.5, 0.6) is 0 Å². The van der Waals surface area contributed by atoms with E-state index >= 15 is 0 Å². The maximum atomic E-state index is 14.7. The molecule has 1 aromatic rings. The minimum Gasteiger partial charge on any atom is -0.367 e. The summed E-state index contributed by atoms with van der Waals surface area (Å²) in [5, 5.41) is 10.0. The summed E-state index contributed by atoms with van der Waals surface area (Å²) in [5.74, 6) is -1.81. The number of aromatic nitrogens is 1. The molecule has 12 heteroatoms. The van der Waals surface area contributed by atoms with E-state index in [0.717, 1.165) is 6.20 Å². The third-order valence-corrected chi connectivity index (χ3v) is 6.18. The maximum Gasteiger partial charge on any atom is 0.233 e. The number of carbonyl (C=O) groups excluding carboxylic acids is 2. The quantitative estimate of drug-likeness (QED) is 0.410. The number of alkyl halides is 1. The molecule has 0 bridgehead atoms. The highest BCUT2D eigenvalue weighted by Gasteiger charge is 2.47. The van der Waals surface area contributed by atoms with Crippen LogP contribution in [0.3, 0.4) is 0 Å². The first kappa shape index (κ1) is 21.8. The fraction of sp³-hybridized carbons (Fsp3) is 0.632. The van der Waals surface area contributed by atoms with Gasteiger partial charge in [-0.2, -0.15) is 0 Å². The second kappa shape index (κ2) is 8.99. The Morgan fingerprint density at radius 3 is 2.71 bits per heavy atom. The minimum atomic E-state index is -1.06. The van der Waals surface area contributed by atoms with Gasteiger partial charge in [0.1, 0.15) is 11.9 Å². The molecule has 31 heavy (non-hydrogen) atoms. The molecule has 170 valence electrons. The van der Waals surface area contributed by atoms with E-state index in [2.05, 4.69) is 26.4 Å². The number of nitrogens with zero attached hydrogens (tertiary/aromatic N) is 3. The Morgan fingerprint density at radius 2 is 2.00 bits per heavy atom. The lowest BCUT2D eigenvalue weighted by Gasteiger charge is -2.35. The Labute approximate surface area is 178 Å². The Hall–Kier alpha value is -2.41. The van der Waals surface area contributed by atoms with Crippen molar-refractivity contribution in [3.8, 4) is 0 Å². The normalized spacial score (nSPS) is 29.5. The number of halogens is 2. The van der Waals surface area contributed by atoms with Gasteiger partial charge < -0.3 is 21.3 Å². The molecule has 1 aromatic heterocycles. The second-order valence-corrected chi connectivity index (χ2v) is 8.17. The topological polar surface area (TPSA) is 128 Å². The van der Waals surface area contributed by atoms with Gasteiger partial charge in [-0.15, -0.1) is 0 Å². The van der Waals surface area contributed by atoms with Crippen LogP contribution in [0.1, 0.15) is 12.8 Å². The van der Waals surface area contributed by atoms with E-state index in [1.165, 1.54) is 6.20 Å². The fourth-order valence-corrected chi connectivity index (χ4v) is 4.61. The van der Waals surface area contributed by atoms with Crippen molar-refractivity contribution < 1.29 is 18.4 Å². The number of amides is 2. The van der Waals surface area contributed by atoms with Gasteiger partial charge in [0.15, 0.2) is 5.82 Å². The average molecular weight is 438 g/mol. The van der Waals surface area contributed by atoms with Crippen molar-refractivity contribution in [1.29, 1.82) is 0 Å². The average Bonchev–Trinajstić information content (AvgIpc) is 3.08. The van der Waals surface area contributed by atoms with Gasteiger partial charge in [-0.05, 0) is 12.8 Å². The van der Waals surface area contributed by atoms with Crippen LogP contribution >= 0.6 is 0 Å². The molecule has 4 rings (SSSR count). The molecule has 0 saturated carbocycles. The lowest BCUT2D eigenvalue weighted by Crippen LogP contribution is -2.58. The number of hydrazine groups is 1. The van der Waals surface area contributed by atoms with Gasteiger partial charge in [-0.3, -0.25) is 19.9 Å². The van der Waals surface area contributed by atoms with Crippen LogP contribution in [0.15, 0.2) is 12.4 Å². The second-order valence-electron chi connectivity index (χ2n) is 8.17. The number of carbonyl (C=O) groups is 2. The van der Waals surface area contributed by atoms with Crippen molar-refractivity contribution in [3.63, 3.8) is 0 Å². The smallest absolute Gasteiger partial charge is 0.233 e. The molecule has 10 nitrogen and oxygen atoms in total. The molecule has 4 heterocycles. The van der Waals surface area contributed by atoms with Crippen molar-refractivity contribution in [2.24, 2.45) is 17.6 Å². The summed E-state index contributed by atoms with van der Waals surface area (Å²) in [5.41, 5.74) is 9.50. The van der Waals surface area contributed by atoms with E-state index in [4.69, 9.17) is 5.73 Å². The summed E-state index contributed by atoms with van der Waals surface area (Å²) in [7, 11) is 1.60. The molecule has 4 unspecified atom stereocenters. The third-order valence-electron chi connectivity index (χ3n) is 6.18. The molecule has 3 aliphatic heterocycles. The number of hydrogen-bond donors (Lipinski definition) is 5. The summed E-state index contributed by atoms with van der Waals surface area (Å²) >= 11 is 0. The van der Waals surface area contributed by atoms with Crippen LogP contribution in [-0.2, 0) is 9.59 Å². The standard InChI is InChI=1S/C19H28F2N8O2/c1-23-18(30)10-2-4-28(5-3-10)15-12(21)7-24-8-13(15)26-19(31)14-16(22)27-29-9-11(20)6-25-17(14)29/h7-8,10-11,14,16-17,25,27H,2-6,9,22H2,1H3,(H,23,30)(H,26,31). The van der Waals surface area contributed by atoms with Crippen LogP contribution in [0, 0.1) is 17.7 Å². The predicted octanol–water partition coefficient (Wildman–Crippen LogP) is -0.890. The van der Waals surface area contributed by atoms with E-state index in [0.29, 0.717) is 25.9 Å². The lowest BCUT2D eigenvalue weighted by molar-refractivity contribution is -0.125. The molecule has 6 N–H and O–H groups in total. The summed E-state index contributed by atoms with van der Waals surface area (Å²) in [6.45, 7) is 1.21. The zero-order valence-corrected chi connectivity index (χ0v) is 17.3. The summed E-state index contributed by atoms with van der Waals surface area (Å²) in [6.07, 6.45) is 1.43. The maximum absolute atomic E-state index is 14.7. The Morgan fingerprint density at radius 1 is 1.26 bits per heavy atom. The summed E-state index contributed by atoms with van der Waals surface area (Å²) in [6, 6.07) is 0. The predicted molar refractivity (Wildman–Crippen MR) is 110 cm³/mol. The molecular formula is C19H28F2N8O2. The van der Waals surface area contributed by atoms with Gasteiger partial charge in [0.25, 0.3) is 0 Å². The third kappa shape index (κ3) is 4.33. The van der Waals surface area contributed by atoms with Crippen molar-refractivity contribution in [2.75, 3.05) is 43.4 Å². The number of piperidine rings is 1. The van der Waals surface area contributed by atoms with Crippen molar-refractivity contribution in [1.82, 2.24) is 26.1 Å². The van der Waals surface area contributed by atoms with E-state index in [1.807, 2.05) is 4.90 Å². The van der Waals surface area contributed by atoms with Gasteiger partial charge in [-0.25, -0.2) is 19.2 Å². The first-order valence-corrected chi connectivity index (χ1v) is 10.5. The molecule has 3 aliphatic rings. The highest BCUT2D eigenvalue weighted by atomic mass is 19.1.